The van der Waals surface area contributed by atoms with Crippen molar-refractivity contribution in [3.8, 4) is 5.75 Å². The number of hydrogen-bond donors (Lipinski definition) is 1. The van der Waals surface area contributed by atoms with Gasteiger partial charge in [0.2, 0.25) is 0 Å². The third-order valence-corrected chi connectivity index (χ3v) is 4.72. The van der Waals surface area contributed by atoms with Gasteiger partial charge in [-0.2, -0.15) is 0 Å². The van der Waals surface area contributed by atoms with Crippen molar-refractivity contribution in [2.45, 2.75) is 19.4 Å². The minimum absolute atomic E-state index is 0.276. The van der Waals surface area contributed by atoms with E-state index in [0.717, 1.165) is 38.0 Å². The lowest BCUT2D eigenvalue weighted by Crippen LogP contribution is -2.37. The summed E-state index contributed by atoms with van der Waals surface area (Å²) in [5.41, 5.74) is 0. The Bertz CT molecular complexity index is 454. The number of ether oxygens (including phenoxy) is 1. The summed E-state index contributed by atoms with van der Waals surface area (Å²) in [7, 11) is 0. The van der Waals surface area contributed by atoms with Crippen molar-refractivity contribution in [1.82, 2.24) is 10.2 Å². The van der Waals surface area contributed by atoms with E-state index < -0.39 is 0 Å². The van der Waals surface area contributed by atoms with Crippen LogP contribution in [-0.4, -0.2) is 43.7 Å². The normalized spacial score (nSPS) is 29.6. The number of hydrogen-bond acceptors (Lipinski definition) is 3. The first-order chi connectivity index (χ1) is 9.79. The van der Waals surface area contributed by atoms with Crippen LogP contribution in [0.5, 0.6) is 5.75 Å². The molecule has 0 aliphatic carbocycles. The molecule has 4 heteroatoms. The van der Waals surface area contributed by atoms with Crippen molar-refractivity contribution in [3.63, 3.8) is 0 Å². The predicted molar refractivity (Wildman–Crippen MR) is 77.4 cm³/mol. The molecule has 2 heterocycles. The Kier molecular flexibility index (Phi) is 4.22. The Morgan fingerprint density at radius 2 is 2.20 bits per heavy atom. The molecule has 2 fully saturated rings. The largest absolute Gasteiger partial charge is 0.489 e. The molecule has 3 atom stereocenters. The summed E-state index contributed by atoms with van der Waals surface area (Å²) >= 11 is 0. The summed E-state index contributed by atoms with van der Waals surface area (Å²) in [5, 5.41) is 3.49. The minimum Gasteiger partial charge on any atom is -0.489 e. The van der Waals surface area contributed by atoms with E-state index in [2.05, 4.69) is 17.1 Å². The highest BCUT2D eigenvalue weighted by atomic mass is 19.1. The van der Waals surface area contributed by atoms with Gasteiger partial charge in [0.1, 0.15) is 6.61 Å². The predicted octanol–water partition coefficient (Wildman–Crippen LogP) is 2.13. The van der Waals surface area contributed by atoms with E-state index in [1.165, 1.54) is 12.5 Å². The third-order valence-electron chi connectivity index (χ3n) is 4.72. The second kappa shape index (κ2) is 6.10. The maximum Gasteiger partial charge on any atom is 0.165 e. The highest BCUT2D eigenvalue weighted by Crippen LogP contribution is 2.33. The molecule has 2 aliphatic heterocycles. The maximum atomic E-state index is 13.5. The van der Waals surface area contributed by atoms with Crippen LogP contribution < -0.4 is 10.1 Å². The molecule has 0 radical (unpaired) electrons. The highest BCUT2D eigenvalue weighted by molar-refractivity contribution is 5.23. The number of rotatable bonds is 5. The number of benzene rings is 1. The Morgan fingerprint density at radius 1 is 1.35 bits per heavy atom. The molecule has 20 heavy (non-hydrogen) atoms. The Labute approximate surface area is 120 Å². The van der Waals surface area contributed by atoms with Crippen LogP contribution in [0, 0.1) is 17.7 Å². The van der Waals surface area contributed by atoms with Crippen LogP contribution >= 0.6 is 0 Å². The second-order valence-electron chi connectivity index (χ2n) is 5.83. The quantitative estimate of drug-likeness (QED) is 0.893. The molecule has 3 nitrogen and oxygen atoms in total. The van der Waals surface area contributed by atoms with Crippen molar-refractivity contribution >= 4 is 0 Å². The first kappa shape index (κ1) is 13.8. The number of fused-ring (bicyclic) bond motifs is 1. The topological polar surface area (TPSA) is 24.5 Å². The van der Waals surface area contributed by atoms with Gasteiger partial charge in [-0.15, -0.1) is 0 Å². The van der Waals surface area contributed by atoms with Gasteiger partial charge in [-0.05, 0) is 43.5 Å². The molecule has 0 aromatic heterocycles. The summed E-state index contributed by atoms with van der Waals surface area (Å²) in [6, 6.07) is 7.27. The average molecular weight is 278 g/mol. The van der Waals surface area contributed by atoms with E-state index in [1.807, 2.05) is 0 Å². The van der Waals surface area contributed by atoms with Crippen LogP contribution in [0.15, 0.2) is 24.3 Å². The number of likely N-dealkylation sites (tertiary alicyclic amines) is 1. The smallest absolute Gasteiger partial charge is 0.165 e. The average Bonchev–Trinajstić information content (AvgIpc) is 3.01. The van der Waals surface area contributed by atoms with Crippen molar-refractivity contribution in [3.05, 3.63) is 30.1 Å². The fraction of sp³-hybridized carbons (Fsp3) is 0.625. The SMILES string of the molecule is CCC1C2CNCC2CN1CCOc1ccccc1F. The molecule has 0 amide bonds. The zero-order valence-electron chi connectivity index (χ0n) is 12.0. The zero-order valence-corrected chi connectivity index (χ0v) is 12.0. The van der Waals surface area contributed by atoms with E-state index >= 15 is 0 Å². The molecule has 2 saturated heterocycles. The first-order valence-electron chi connectivity index (χ1n) is 7.61. The Morgan fingerprint density at radius 3 is 3.00 bits per heavy atom. The van der Waals surface area contributed by atoms with E-state index in [-0.39, 0.29) is 5.82 Å². The molecule has 3 unspecified atom stereocenters. The summed E-state index contributed by atoms with van der Waals surface area (Å²) in [4.78, 5) is 2.52. The Hall–Kier alpha value is -1.13. The van der Waals surface area contributed by atoms with E-state index in [0.29, 0.717) is 18.4 Å². The van der Waals surface area contributed by atoms with Crippen molar-refractivity contribution in [2.24, 2.45) is 11.8 Å². The fourth-order valence-electron chi connectivity index (χ4n) is 3.76. The molecule has 0 spiro atoms. The monoisotopic (exact) mass is 278 g/mol. The molecular weight excluding hydrogens is 255 g/mol. The summed E-state index contributed by atoms with van der Waals surface area (Å²) < 4.78 is 19.1. The first-order valence-corrected chi connectivity index (χ1v) is 7.61. The third kappa shape index (κ3) is 2.67. The number of nitrogens with one attached hydrogen (secondary N) is 1. The Balaban J connectivity index is 1.52. The summed E-state index contributed by atoms with van der Waals surface area (Å²) in [6.07, 6.45) is 1.18. The van der Waals surface area contributed by atoms with Crippen LogP contribution in [0.3, 0.4) is 0 Å². The fourth-order valence-corrected chi connectivity index (χ4v) is 3.76. The zero-order chi connectivity index (χ0) is 13.9. The molecule has 110 valence electrons. The molecule has 1 aromatic rings. The van der Waals surface area contributed by atoms with Crippen LogP contribution in [-0.2, 0) is 0 Å². The van der Waals surface area contributed by atoms with Gasteiger partial charge in [0.25, 0.3) is 0 Å². The standard InChI is InChI=1S/C16H23FN2O/c1-2-15-13-10-18-9-12(13)11-19(15)7-8-20-16-6-4-3-5-14(16)17/h3-6,12-13,15,18H,2,7-11H2,1H3. The molecule has 1 aromatic carbocycles. The molecule has 0 saturated carbocycles. The van der Waals surface area contributed by atoms with Gasteiger partial charge in [0, 0.05) is 19.1 Å². The number of para-hydroxylation sites is 1. The maximum absolute atomic E-state index is 13.5. The minimum atomic E-state index is -0.276. The highest BCUT2D eigenvalue weighted by Gasteiger charge is 2.42. The molecule has 1 N–H and O–H groups in total. The number of nitrogens with zero attached hydrogens (tertiary/aromatic N) is 1. The van der Waals surface area contributed by atoms with Crippen LogP contribution in [0.4, 0.5) is 4.39 Å². The second-order valence-corrected chi connectivity index (χ2v) is 5.83. The van der Waals surface area contributed by atoms with E-state index in [4.69, 9.17) is 4.74 Å². The van der Waals surface area contributed by atoms with E-state index in [1.54, 1.807) is 18.2 Å². The van der Waals surface area contributed by atoms with Gasteiger partial charge in [-0.3, -0.25) is 4.90 Å². The summed E-state index contributed by atoms with van der Waals surface area (Å²) in [6.45, 7) is 7.15. The van der Waals surface area contributed by atoms with Crippen molar-refractivity contribution in [2.75, 3.05) is 32.8 Å². The lowest BCUT2D eigenvalue weighted by Gasteiger charge is -2.26. The van der Waals surface area contributed by atoms with Gasteiger partial charge in [-0.25, -0.2) is 4.39 Å². The summed E-state index contributed by atoms with van der Waals surface area (Å²) in [5.74, 6) is 1.66. The van der Waals surface area contributed by atoms with Crippen LogP contribution in [0.1, 0.15) is 13.3 Å². The van der Waals surface area contributed by atoms with Gasteiger partial charge in [-0.1, -0.05) is 19.1 Å². The van der Waals surface area contributed by atoms with Crippen molar-refractivity contribution < 1.29 is 9.13 Å². The lowest BCUT2D eigenvalue weighted by molar-refractivity contribution is 0.173. The number of halogens is 1. The molecule has 2 aliphatic rings. The molecule has 3 rings (SSSR count). The van der Waals surface area contributed by atoms with E-state index in [9.17, 15) is 4.39 Å². The van der Waals surface area contributed by atoms with Gasteiger partial charge < -0.3 is 10.1 Å². The van der Waals surface area contributed by atoms with Crippen LogP contribution in [0.2, 0.25) is 0 Å². The van der Waals surface area contributed by atoms with Gasteiger partial charge >= 0.3 is 0 Å². The van der Waals surface area contributed by atoms with Crippen LogP contribution in [0.25, 0.3) is 0 Å². The lowest BCUT2D eigenvalue weighted by atomic mass is 9.93. The van der Waals surface area contributed by atoms with Crippen molar-refractivity contribution in [1.29, 1.82) is 0 Å². The molecule has 0 bridgehead atoms. The van der Waals surface area contributed by atoms with Gasteiger partial charge in [0.05, 0.1) is 0 Å². The molecular formula is C16H23FN2O. The van der Waals surface area contributed by atoms with Gasteiger partial charge in [0.15, 0.2) is 11.6 Å².